The van der Waals surface area contributed by atoms with E-state index in [2.05, 4.69) is 152 Å². The highest BCUT2D eigenvalue weighted by atomic mass is 15.2. The van der Waals surface area contributed by atoms with E-state index >= 15 is 0 Å². The fourth-order valence-corrected chi connectivity index (χ4v) is 7.37. The molecule has 1 N–H and O–H groups in total. The molecule has 1 unspecified atom stereocenters. The first-order valence-corrected chi connectivity index (χ1v) is 17.8. The van der Waals surface area contributed by atoms with E-state index in [1.165, 1.54) is 10.8 Å². The predicted molar refractivity (Wildman–Crippen MR) is 219 cm³/mol. The van der Waals surface area contributed by atoms with Crippen LogP contribution in [0.25, 0.3) is 54.9 Å². The topological polar surface area (TPSA) is 60.5 Å². The third-order valence-electron chi connectivity index (χ3n) is 10.1. The molecule has 0 fully saturated rings. The van der Waals surface area contributed by atoms with Crippen LogP contribution >= 0.6 is 0 Å². The van der Waals surface area contributed by atoms with Gasteiger partial charge in [0.2, 0.25) is 0 Å². The molecule has 1 atom stereocenters. The standard InChI is InChI=1S/C49H34N4/c1-49(42-16-6-3-7-17-42)52-47(36-13-4-2-5-14-36)51-48(53-49)37-23-21-35(22-24-37)43-26-27-44(46-19-11-10-18-45(43)46)41-29-33(32-50)28-40(31-41)39-25-20-34-12-8-9-15-38(34)30-39/h2-31H,1H3,(H,51,52,53). The number of benzene rings is 8. The van der Waals surface area contributed by atoms with Crippen molar-refractivity contribution in [2.24, 2.45) is 9.98 Å². The van der Waals surface area contributed by atoms with Crippen molar-refractivity contribution < 1.29 is 0 Å². The van der Waals surface area contributed by atoms with E-state index in [4.69, 9.17) is 9.98 Å². The second-order valence-electron chi connectivity index (χ2n) is 13.6. The van der Waals surface area contributed by atoms with Crippen molar-refractivity contribution in [2.75, 3.05) is 0 Å². The third-order valence-corrected chi connectivity index (χ3v) is 10.1. The van der Waals surface area contributed by atoms with Crippen LogP contribution < -0.4 is 5.32 Å². The maximum Gasteiger partial charge on any atom is 0.159 e. The van der Waals surface area contributed by atoms with Crippen LogP contribution in [0.5, 0.6) is 0 Å². The van der Waals surface area contributed by atoms with Crippen LogP contribution in [0.4, 0.5) is 0 Å². The van der Waals surface area contributed by atoms with E-state index in [1.807, 2.05) is 48.5 Å². The van der Waals surface area contributed by atoms with Crippen molar-refractivity contribution in [1.29, 1.82) is 5.26 Å². The van der Waals surface area contributed by atoms with Gasteiger partial charge in [-0.2, -0.15) is 5.26 Å². The highest BCUT2D eigenvalue weighted by Gasteiger charge is 2.32. The lowest BCUT2D eigenvalue weighted by atomic mass is 9.89. The molecule has 0 spiro atoms. The number of nitriles is 1. The number of hydrogen-bond donors (Lipinski definition) is 1. The van der Waals surface area contributed by atoms with Gasteiger partial charge in [-0.3, -0.25) is 0 Å². The lowest BCUT2D eigenvalue weighted by Crippen LogP contribution is -2.46. The summed E-state index contributed by atoms with van der Waals surface area (Å²) < 4.78 is 0. The van der Waals surface area contributed by atoms with Gasteiger partial charge in [0.15, 0.2) is 11.5 Å². The minimum atomic E-state index is -0.689. The molecule has 4 heteroatoms. The molecule has 53 heavy (non-hydrogen) atoms. The Morgan fingerprint density at radius 1 is 0.491 bits per heavy atom. The Morgan fingerprint density at radius 3 is 1.79 bits per heavy atom. The average Bonchev–Trinajstić information content (AvgIpc) is 3.23. The molecule has 8 aromatic carbocycles. The van der Waals surface area contributed by atoms with Crippen molar-refractivity contribution in [3.63, 3.8) is 0 Å². The van der Waals surface area contributed by atoms with Crippen molar-refractivity contribution in [3.8, 4) is 39.4 Å². The molecule has 9 rings (SSSR count). The maximum atomic E-state index is 10.1. The lowest BCUT2D eigenvalue weighted by molar-refractivity contribution is 0.455. The second kappa shape index (κ2) is 13.2. The first-order chi connectivity index (χ1) is 26.0. The number of rotatable bonds is 6. The van der Waals surface area contributed by atoms with E-state index in [0.29, 0.717) is 11.4 Å². The first kappa shape index (κ1) is 31.9. The molecular formula is C49H34N4. The lowest BCUT2D eigenvalue weighted by Gasteiger charge is -2.33. The molecular weight excluding hydrogens is 645 g/mol. The van der Waals surface area contributed by atoms with Gasteiger partial charge in [0.1, 0.15) is 5.84 Å². The largest absolute Gasteiger partial charge is 0.342 e. The molecule has 4 nitrogen and oxygen atoms in total. The Labute approximate surface area is 309 Å². The normalized spacial score (nSPS) is 15.3. The van der Waals surface area contributed by atoms with Crippen molar-refractivity contribution in [1.82, 2.24) is 5.32 Å². The second-order valence-corrected chi connectivity index (χ2v) is 13.6. The fraction of sp³-hybridized carbons (Fsp3) is 0.0408. The maximum absolute atomic E-state index is 10.1. The molecule has 1 heterocycles. The van der Waals surface area contributed by atoms with Crippen LogP contribution in [0.15, 0.2) is 192 Å². The van der Waals surface area contributed by atoms with E-state index in [9.17, 15) is 5.26 Å². The summed E-state index contributed by atoms with van der Waals surface area (Å²) in [7, 11) is 0. The van der Waals surface area contributed by atoms with Crippen LogP contribution in [0.3, 0.4) is 0 Å². The van der Waals surface area contributed by atoms with Crippen molar-refractivity contribution in [3.05, 3.63) is 204 Å². The molecule has 0 saturated carbocycles. The molecule has 0 aliphatic carbocycles. The highest BCUT2D eigenvalue weighted by Crippen LogP contribution is 2.38. The van der Waals surface area contributed by atoms with Gasteiger partial charge in [-0.1, -0.05) is 158 Å². The number of amidine groups is 2. The smallest absolute Gasteiger partial charge is 0.159 e. The van der Waals surface area contributed by atoms with Gasteiger partial charge in [-0.15, -0.1) is 0 Å². The minimum absolute atomic E-state index is 0.636. The van der Waals surface area contributed by atoms with Crippen LogP contribution in [0.2, 0.25) is 0 Å². The summed E-state index contributed by atoms with van der Waals surface area (Å²) >= 11 is 0. The monoisotopic (exact) mass is 678 g/mol. The summed E-state index contributed by atoms with van der Waals surface area (Å²) in [6.45, 7) is 2.10. The van der Waals surface area contributed by atoms with E-state index in [-0.39, 0.29) is 0 Å². The molecule has 0 saturated heterocycles. The van der Waals surface area contributed by atoms with Crippen LogP contribution in [-0.4, -0.2) is 11.7 Å². The summed E-state index contributed by atoms with van der Waals surface area (Å²) in [5, 5.41) is 18.3. The van der Waals surface area contributed by atoms with Gasteiger partial charge >= 0.3 is 0 Å². The summed E-state index contributed by atoms with van der Waals surface area (Å²) in [6, 6.07) is 65.4. The van der Waals surface area contributed by atoms with Gasteiger partial charge in [-0.25, -0.2) is 9.98 Å². The number of hydrogen-bond acceptors (Lipinski definition) is 4. The Hall–Kier alpha value is -7.09. The summed E-state index contributed by atoms with van der Waals surface area (Å²) in [5.74, 6) is 1.47. The SMILES string of the molecule is CC1(c2ccccc2)N=C(c2ccc(-c3ccc(-c4cc(C#N)cc(-c5ccc6ccccc6c5)c4)c4ccccc34)cc2)N=C(c2ccccc2)N1. The van der Waals surface area contributed by atoms with Crippen molar-refractivity contribution >= 4 is 33.2 Å². The molecule has 0 bridgehead atoms. The Balaban J connectivity index is 1.10. The number of nitrogens with zero attached hydrogens (tertiary/aromatic N) is 3. The predicted octanol–water partition coefficient (Wildman–Crippen LogP) is 11.5. The van der Waals surface area contributed by atoms with Crippen LogP contribution in [0, 0.1) is 11.3 Å². The van der Waals surface area contributed by atoms with Gasteiger partial charge < -0.3 is 5.32 Å². The Morgan fingerprint density at radius 2 is 1.08 bits per heavy atom. The summed E-state index contributed by atoms with van der Waals surface area (Å²) in [5.41, 5.74) is 9.42. The molecule has 250 valence electrons. The van der Waals surface area contributed by atoms with Crippen LogP contribution in [-0.2, 0) is 5.66 Å². The molecule has 1 aliphatic rings. The van der Waals surface area contributed by atoms with E-state index in [0.717, 1.165) is 66.7 Å². The zero-order valence-corrected chi connectivity index (χ0v) is 29.2. The molecule has 0 amide bonds. The fourth-order valence-electron chi connectivity index (χ4n) is 7.37. The minimum Gasteiger partial charge on any atom is -0.342 e. The number of nitrogens with one attached hydrogen (secondary N) is 1. The van der Waals surface area contributed by atoms with Gasteiger partial charge in [0.05, 0.1) is 11.6 Å². The molecule has 0 radical (unpaired) electrons. The summed E-state index contributed by atoms with van der Waals surface area (Å²) in [6.07, 6.45) is 0. The van der Waals surface area contributed by atoms with Gasteiger partial charge in [0, 0.05) is 11.1 Å². The van der Waals surface area contributed by atoms with Gasteiger partial charge in [-0.05, 0) is 91.7 Å². The highest BCUT2D eigenvalue weighted by molar-refractivity contribution is 6.13. The van der Waals surface area contributed by atoms with Gasteiger partial charge in [0.25, 0.3) is 0 Å². The number of aliphatic imine (C=N–C) groups is 2. The molecule has 0 aromatic heterocycles. The first-order valence-electron chi connectivity index (χ1n) is 17.8. The Kier molecular flexibility index (Phi) is 7.95. The third kappa shape index (κ3) is 6.05. The average molecular weight is 679 g/mol. The zero-order valence-electron chi connectivity index (χ0n) is 29.2. The number of fused-ring (bicyclic) bond motifs is 2. The molecule has 1 aliphatic heterocycles. The molecule has 8 aromatic rings. The quantitative estimate of drug-likeness (QED) is 0.190. The van der Waals surface area contributed by atoms with E-state index < -0.39 is 5.66 Å². The zero-order chi connectivity index (χ0) is 35.8. The summed E-state index contributed by atoms with van der Waals surface area (Å²) in [4.78, 5) is 10.2. The van der Waals surface area contributed by atoms with Crippen LogP contribution in [0.1, 0.15) is 29.2 Å². The Bertz CT molecular complexity index is 2760. The van der Waals surface area contributed by atoms with E-state index in [1.54, 1.807) is 0 Å². The van der Waals surface area contributed by atoms with Crippen molar-refractivity contribution in [2.45, 2.75) is 12.6 Å².